The Balaban J connectivity index is 1.11. The van der Waals surface area contributed by atoms with Gasteiger partial charge in [0.15, 0.2) is 0 Å². The van der Waals surface area contributed by atoms with Gasteiger partial charge in [-0.25, -0.2) is 4.98 Å². The fraction of sp³-hybridized carbons (Fsp3) is 0.300. The van der Waals surface area contributed by atoms with E-state index in [0.29, 0.717) is 12.5 Å². The zero-order valence-corrected chi connectivity index (χ0v) is 22.8. The molecule has 0 amide bonds. The number of aromatic nitrogens is 3. The van der Waals surface area contributed by atoms with Crippen molar-refractivity contribution in [2.24, 2.45) is 10.2 Å². The lowest BCUT2D eigenvalue weighted by molar-refractivity contribution is -0.0166. The average molecular weight is 539 g/mol. The van der Waals surface area contributed by atoms with Crippen molar-refractivity contribution in [1.29, 1.82) is 0 Å². The predicted octanol–water partition coefficient (Wildman–Crippen LogP) is 5.71. The van der Waals surface area contributed by atoms with Crippen molar-refractivity contribution in [2.45, 2.75) is 26.5 Å². The quantitative estimate of drug-likeness (QED) is 0.220. The predicted molar refractivity (Wildman–Crippen MR) is 156 cm³/mol. The summed E-state index contributed by atoms with van der Waals surface area (Å²) in [6, 6.07) is 21.0. The minimum Gasteiger partial charge on any atom is -0.508 e. The molecule has 40 heavy (non-hydrogen) atoms. The van der Waals surface area contributed by atoms with E-state index in [1.54, 1.807) is 18.3 Å². The molecule has 1 aliphatic rings. The van der Waals surface area contributed by atoms with E-state index in [-0.39, 0.29) is 11.9 Å². The van der Waals surface area contributed by atoms with Crippen LogP contribution in [0.25, 0.3) is 11.1 Å². The van der Waals surface area contributed by atoms with Gasteiger partial charge in [-0.15, -0.1) is 5.11 Å². The van der Waals surface area contributed by atoms with E-state index in [9.17, 15) is 5.11 Å². The summed E-state index contributed by atoms with van der Waals surface area (Å²) in [5.74, 6) is 1.32. The molecule has 1 atom stereocenters. The number of nitrogens with zero attached hydrogens (tertiary/aromatic N) is 6. The number of ether oxygens (including phenoxy) is 1. The van der Waals surface area contributed by atoms with Gasteiger partial charge in [0, 0.05) is 43.6 Å². The molecular formula is C30H34N8O2. The Morgan fingerprint density at radius 3 is 2.65 bits per heavy atom. The molecular weight excluding hydrogens is 504 g/mol. The van der Waals surface area contributed by atoms with E-state index in [1.807, 2.05) is 61.5 Å². The third-order valence-electron chi connectivity index (χ3n) is 6.47. The lowest BCUT2D eigenvalue weighted by atomic mass is 10.1. The van der Waals surface area contributed by atoms with Crippen molar-refractivity contribution in [3.63, 3.8) is 0 Å². The number of aromatic hydroxyl groups is 1. The molecule has 10 heteroatoms. The van der Waals surface area contributed by atoms with Crippen LogP contribution in [0.1, 0.15) is 18.3 Å². The number of azo groups is 1. The van der Waals surface area contributed by atoms with E-state index in [2.05, 4.69) is 47.6 Å². The van der Waals surface area contributed by atoms with Gasteiger partial charge in [-0.05, 0) is 61.4 Å². The van der Waals surface area contributed by atoms with Crippen LogP contribution in [-0.4, -0.2) is 63.8 Å². The highest BCUT2D eigenvalue weighted by atomic mass is 16.5. The molecule has 0 bridgehead atoms. The van der Waals surface area contributed by atoms with Crippen LogP contribution < -0.4 is 10.6 Å². The van der Waals surface area contributed by atoms with Crippen LogP contribution in [0.15, 0.2) is 83.2 Å². The summed E-state index contributed by atoms with van der Waals surface area (Å²) < 4.78 is 5.60. The number of phenolic OH excluding ortho intramolecular Hbond substituents is 1. The molecule has 0 radical (unpaired) electrons. The summed E-state index contributed by atoms with van der Waals surface area (Å²) in [7, 11) is 0. The van der Waals surface area contributed by atoms with Crippen molar-refractivity contribution >= 4 is 23.1 Å². The number of aryl methyl sites for hydroxylation is 1. The number of rotatable bonds is 10. The van der Waals surface area contributed by atoms with Crippen LogP contribution in [0.2, 0.25) is 0 Å². The smallest absolute Gasteiger partial charge is 0.270 e. The Kier molecular flexibility index (Phi) is 8.89. The van der Waals surface area contributed by atoms with E-state index in [4.69, 9.17) is 4.74 Å². The van der Waals surface area contributed by atoms with Crippen molar-refractivity contribution in [3.05, 3.63) is 84.3 Å². The van der Waals surface area contributed by atoms with Gasteiger partial charge in [0.25, 0.3) is 5.95 Å². The fourth-order valence-electron chi connectivity index (χ4n) is 4.49. The number of benzene rings is 2. The third kappa shape index (κ3) is 7.81. The van der Waals surface area contributed by atoms with Crippen LogP contribution in [0.5, 0.6) is 5.75 Å². The number of hydrogen-bond acceptors (Lipinski definition) is 10. The molecule has 5 rings (SSSR count). The number of anilines is 3. The molecule has 1 fully saturated rings. The lowest BCUT2D eigenvalue weighted by Gasteiger charge is -2.31. The minimum absolute atomic E-state index is 0.253. The standard InChI is InChI=1S/C30H34N8O2/c1-21-16-29(31-12-13-38-14-15-40-22(2)20-38)36-30(34-21)37-33-19-26-10-11-27(18-32-26)35-25-8-6-23(7-9-25)24-4-3-5-28(39)17-24/h3-11,16-18,22,35,39H,12-15,19-20H2,1-2H3,(H,31,34,36). The Hall–Kier alpha value is -4.41. The monoisotopic (exact) mass is 538 g/mol. The van der Waals surface area contributed by atoms with Crippen molar-refractivity contribution < 1.29 is 9.84 Å². The molecule has 206 valence electrons. The largest absolute Gasteiger partial charge is 0.508 e. The second-order valence-electron chi connectivity index (χ2n) is 9.79. The van der Waals surface area contributed by atoms with Gasteiger partial charge >= 0.3 is 0 Å². The topological polar surface area (TPSA) is 120 Å². The van der Waals surface area contributed by atoms with Gasteiger partial charge in [0.2, 0.25) is 0 Å². The molecule has 0 spiro atoms. The second kappa shape index (κ2) is 13.1. The highest BCUT2D eigenvalue weighted by Crippen LogP contribution is 2.25. The number of phenols is 1. The zero-order chi connectivity index (χ0) is 27.7. The van der Waals surface area contributed by atoms with Crippen molar-refractivity contribution in [1.82, 2.24) is 19.9 Å². The molecule has 3 N–H and O–H groups in total. The van der Waals surface area contributed by atoms with Gasteiger partial charge in [0.1, 0.15) is 18.1 Å². The molecule has 10 nitrogen and oxygen atoms in total. The Bertz CT molecular complexity index is 1430. The highest BCUT2D eigenvalue weighted by molar-refractivity contribution is 5.69. The maximum Gasteiger partial charge on any atom is 0.270 e. The first-order valence-electron chi connectivity index (χ1n) is 13.4. The number of morpholine rings is 1. The van der Waals surface area contributed by atoms with Crippen LogP contribution in [0.3, 0.4) is 0 Å². The maximum absolute atomic E-state index is 9.71. The summed E-state index contributed by atoms with van der Waals surface area (Å²) >= 11 is 0. The van der Waals surface area contributed by atoms with E-state index < -0.39 is 0 Å². The molecule has 1 unspecified atom stereocenters. The van der Waals surface area contributed by atoms with Gasteiger partial charge in [0.05, 0.1) is 30.3 Å². The highest BCUT2D eigenvalue weighted by Gasteiger charge is 2.15. The van der Waals surface area contributed by atoms with E-state index >= 15 is 0 Å². The van der Waals surface area contributed by atoms with Crippen LogP contribution in [-0.2, 0) is 11.3 Å². The summed E-state index contributed by atoms with van der Waals surface area (Å²) in [6.45, 7) is 8.74. The summed E-state index contributed by atoms with van der Waals surface area (Å²) in [4.78, 5) is 15.7. The first-order valence-corrected chi connectivity index (χ1v) is 13.4. The summed E-state index contributed by atoms with van der Waals surface area (Å²) in [5.41, 5.74) is 5.43. The van der Waals surface area contributed by atoms with Crippen LogP contribution in [0, 0.1) is 6.92 Å². The minimum atomic E-state index is 0.253. The van der Waals surface area contributed by atoms with Gasteiger partial charge in [-0.3, -0.25) is 9.88 Å². The molecule has 0 aliphatic carbocycles. The summed E-state index contributed by atoms with van der Waals surface area (Å²) in [6.07, 6.45) is 2.05. The van der Waals surface area contributed by atoms with Crippen LogP contribution >= 0.6 is 0 Å². The molecule has 3 heterocycles. The Morgan fingerprint density at radius 2 is 1.88 bits per heavy atom. The molecule has 0 saturated carbocycles. The van der Waals surface area contributed by atoms with Gasteiger partial charge < -0.3 is 20.5 Å². The summed E-state index contributed by atoms with van der Waals surface area (Å²) in [5, 5.41) is 24.9. The SMILES string of the molecule is Cc1cc(NCCN2CCOC(C)C2)nc(N=NCc2ccc(Nc3ccc(-c4cccc(O)c4)cc3)cn2)n1. The molecule has 4 aromatic rings. The average Bonchev–Trinajstić information content (AvgIpc) is 2.94. The Morgan fingerprint density at radius 1 is 1.02 bits per heavy atom. The van der Waals surface area contributed by atoms with E-state index in [1.165, 1.54) is 0 Å². The molecule has 2 aromatic carbocycles. The molecule has 1 aliphatic heterocycles. The first kappa shape index (κ1) is 27.2. The Labute approximate surface area is 234 Å². The van der Waals surface area contributed by atoms with Crippen molar-refractivity contribution in [3.8, 4) is 16.9 Å². The van der Waals surface area contributed by atoms with Gasteiger partial charge in [-0.1, -0.05) is 24.3 Å². The normalized spacial score (nSPS) is 15.8. The second-order valence-corrected chi connectivity index (χ2v) is 9.79. The van der Waals surface area contributed by atoms with E-state index in [0.717, 1.165) is 72.5 Å². The number of hydrogen-bond donors (Lipinski definition) is 3. The van der Waals surface area contributed by atoms with Crippen molar-refractivity contribution in [2.75, 3.05) is 43.4 Å². The number of pyridine rings is 1. The maximum atomic E-state index is 9.71. The number of nitrogens with one attached hydrogen (secondary N) is 2. The molecule has 1 saturated heterocycles. The zero-order valence-electron chi connectivity index (χ0n) is 22.8. The van der Waals surface area contributed by atoms with Crippen LogP contribution in [0.4, 0.5) is 23.1 Å². The fourth-order valence-corrected chi connectivity index (χ4v) is 4.49. The van der Waals surface area contributed by atoms with Gasteiger partial charge in [-0.2, -0.15) is 10.1 Å². The first-order chi connectivity index (χ1) is 19.5. The molecule has 2 aromatic heterocycles. The lowest BCUT2D eigenvalue weighted by Crippen LogP contribution is -2.43. The third-order valence-corrected chi connectivity index (χ3v) is 6.47.